The van der Waals surface area contributed by atoms with Crippen LogP contribution in [0, 0.1) is 29.6 Å². The molecule has 5 fully saturated rings. The minimum Gasteiger partial charge on any atom is -0.390 e. The van der Waals surface area contributed by atoms with E-state index in [1.807, 2.05) is 0 Å². The Morgan fingerprint density at radius 3 is 2.55 bits per heavy atom. The Morgan fingerprint density at radius 1 is 1.23 bits per heavy atom. The molecule has 1 amide bonds. The molecule has 7 unspecified atom stereocenters. The zero-order valence-electron chi connectivity index (χ0n) is 13.8. The van der Waals surface area contributed by atoms with Crippen LogP contribution < -0.4 is 0 Å². The lowest BCUT2D eigenvalue weighted by molar-refractivity contribution is -0.214. The number of ether oxygens (including phenoxy) is 1. The standard InChI is InChI=1S/C18H27NO3/c1-17(2,3)19-16(21)12-10-8-11-13(12)18(19,9-6-4-5-7-9)22-15(11)14(10)20/h9-15,20H,4-8H2,1-3H3. The summed E-state index contributed by atoms with van der Waals surface area (Å²) in [6, 6.07) is 0. The maximum absolute atomic E-state index is 13.3. The van der Waals surface area contributed by atoms with E-state index in [1.165, 1.54) is 25.7 Å². The number of hydrogen-bond donors (Lipinski definition) is 1. The highest BCUT2D eigenvalue weighted by molar-refractivity contribution is 5.85. The fraction of sp³-hybridized carbons (Fsp3) is 0.944. The molecule has 2 bridgehead atoms. The smallest absolute Gasteiger partial charge is 0.229 e. The first kappa shape index (κ1) is 13.8. The van der Waals surface area contributed by atoms with Crippen molar-refractivity contribution >= 4 is 5.91 Å². The lowest BCUT2D eigenvalue weighted by Crippen LogP contribution is -2.61. The van der Waals surface area contributed by atoms with Gasteiger partial charge in [-0.15, -0.1) is 0 Å². The highest BCUT2D eigenvalue weighted by Gasteiger charge is 2.80. The maximum atomic E-state index is 13.3. The van der Waals surface area contributed by atoms with Crippen molar-refractivity contribution in [1.82, 2.24) is 4.90 Å². The van der Waals surface area contributed by atoms with Gasteiger partial charge in [-0.25, -0.2) is 0 Å². The van der Waals surface area contributed by atoms with Crippen molar-refractivity contribution in [3.05, 3.63) is 0 Å². The van der Waals surface area contributed by atoms with Crippen LogP contribution in [-0.4, -0.2) is 39.4 Å². The van der Waals surface area contributed by atoms with E-state index in [0.29, 0.717) is 17.8 Å². The molecule has 22 heavy (non-hydrogen) atoms. The molecule has 2 heterocycles. The molecule has 1 N–H and O–H groups in total. The fourth-order valence-corrected chi connectivity index (χ4v) is 6.95. The van der Waals surface area contributed by atoms with Crippen LogP contribution in [0.4, 0.5) is 0 Å². The summed E-state index contributed by atoms with van der Waals surface area (Å²) in [6.45, 7) is 6.42. The van der Waals surface area contributed by atoms with Crippen molar-refractivity contribution in [2.45, 2.75) is 76.3 Å². The van der Waals surface area contributed by atoms with Crippen LogP contribution in [-0.2, 0) is 9.53 Å². The predicted molar refractivity (Wildman–Crippen MR) is 80.7 cm³/mol. The van der Waals surface area contributed by atoms with Gasteiger partial charge in [-0.1, -0.05) is 12.8 Å². The first-order valence-corrected chi connectivity index (χ1v) is 9.07. The van der Waals surface area contributed by atoms with E-state index in [1.54, 1.807) is 0 Å². The number of hydrogen-bond acceptors (Lipinski definition) is 3. The van der Waals surface area contributed by atoms with Gasteiger partial charge in [0.25, 0.3) is 0 Å². The lowest BCUT2D eigenvalue weighted by Gasteiger charge is -2.49. The van der Waals surface area contributed by atoms with Crippen LogP contribution in [0.25, 0.3) is 0 Å². The van der Waals surface area contributed by atoms with Gasteiger partial charge in [0.05, 0.1) is 18.1 Å². The molecular weight excluding hydrogens is 278 g/mol. The van der Waals surface area contributed by atoms with Gasteiger partial charge >= 0.3 is 0 Å². The molecule has 2 saturated heterocycles. The highest BCUT2D eigenvalue weighted by Crippen LogP contribution is 2.71. The molecule has 4 heteroatoms. The summed E-state index contributed by atoms with van der Waals surface area (Å²) in [5.74, 6) is 1.61. The Kier molecular flexibility index (Phi) is 2.44. The minimum absolute atomic E-state index is 0.0126. The summed E-state index contributed by atoms with van der Waals surface area (Å²) >= 11 is 0. The number of fused-ring (bicyclic) bond motifs is 2. The third-order valence-corrected chi connectivity index (χ3v) is 7.32. The topological polar surface area (TPSA) is 49.8 Å². The normalized spacial score (nSPS) is 53.3. The number of carbonyl (C=O) groups is 1. The van der Waals surface area contributed by atoms with E-state index >= 15 is 0 Å². The second-order valence-electron chi connectivity index (χ2n) is 9.27. The van der Waals surface area contributed by atoms with Gasteiger partial charge in [-0.3, -0.25) is 4.79 Å². The number of likely N-dealkylation sites (tertiary alicyclic amines) is 1. The Balaban J connectivity index is 1.69. The van der Waals surface area contributed by atoms with Crippen LogP contribution >= 0.6 is 0 Å². The second kappa shape index (κ2) is 3.89. The first-order valence-electron chi connectivity index (χ1n) is 9.07. The molecular formula is C18H27NO3. The van der Waals surface area contributed by atoms with E-state index in [9.17, 15) is 9.90 Å². The Labute approximate surface area is 132 Å². The molecule has 4 nitrogen and oxygen atoms in total. The zero-order valence-corrected chi connectivity index (χ0v) is 13.8. The highest BCUT2D eigenvalue weighted by atomic mass is 16.6. The molecule has 3 saturated carbocycles. The van der Waals surface area contributed by atoms with Gasteiger partial charge in [-0.05, 0) is 51.9 Å². The largest absolute Gasteiger partial charge is 0.390 e. The summed E-state index contributed by atoms with van der Waals surface area (Å²) in [7, 11) is 0. The summed E-state index contributed by atoms with van der Waals surface area (Å²) in [5, 5.41) is 10.6. The summed E-state index contributed by atoms with van der Waals surface area (Å²) in [5.41, 5.74) is -0.631. The van der Waals surface area contributed by atoms with Gasteiger partial charge in [0.2, 0.25) is 5.91 Å². The molecule has 0 radical (unpaired) electrons. The predicted octanol–water partition coefficient (Wildman–Crippen LogP) is 2.16. The van der Waals surface area contributed by atoms with Crippen LogP contribution in [0.15, 0.2) is 0 Å². The second-order valence-corrected chi connectivity index (χ2v) is 9.27. The number of carbonyl (C=O) groups excluding carboxylic acids is 1. The number of aliphatic hydroxyl groups is 1. The Bertz CT molecular complexity index is 535. The third kappa shape index (κ3) is 1.29. The van der Waals surface area contributed by atoms with E-state index in [2.05, 4.69) is 25.7 Å². The molecule has 0 aromatic rings. The van der Waals surface area contributed by atoms with Gasteiger partial charge in [-0.2, -0.15) is 0 Å². The number of rotatable bonds is 1. The van der Waals surface area contributed by atoms with E-state index < -0.39 is 11.8 Å². The van der Waals surface area contributed by atoms with E-state index in [4.69, 9.17) is 4.74 Å². The maximum Gasteiger partial charge on any atom is 0.229 e. The van der Waals surface area contributed by atoms with Crippen molar-refractivity contribution in [3.8, 4) is 0 Å². The number of aliphatic hydroxyl groups excluding tert-OH is 1. The zero-order chi connectivity index (χ0) is 15.4. The van der Waals surface area contributed by atoms with Crippen LogP contribution in [0.5, 0.6) is 0 Å². The SMILES string of the molecule is CC(C)(C)N1C(=O)C2C3CC4C(OC1(C1CCCC1)C42)C3O. The average Bonchev–Trinajstić information content (AvgIpc) is 3.15. The van der Waals surface area contributed by atoms with Crippen molar-refractivity contribution < 1.29 is 14.6 Å². The molecule has 3 aliphatic carbocycles. The van der Waals surface area contributed by atoms with Gasteiger partial charge in [0.15, 0.2) is 5.72 Å². The van der Waals surface area contributed by atoms with Crippen molar-refractivity contribution in [3.63, 3.8) is 0 Å². The van der Waals surface area contributed by atoms with Crippen molar-refractivity contribution in [2.75, 3.05) is 0 Å². The molecule has 2 aliphatic heterocycles. The third-order valence-electron chi connectivity index (χ3n) is 7.32. The molecule has 7 atom stereocenters. The summed E-state index contributed by atoms with van der Waals surface area (Å²) in [6.07, 6.45) is 5.40. The first-order chi connectivity index (χ1) is 10.4. The summed E-state index contributed by atoms with van der Waals surface area (Å²) < 4.78 is 6.68. The van der Waals surface area contributed by atoms with Gasteiger partial charge in [0, 0.05) is 17.4 Å². The van der Waals surface area contributed by atoms with Crippen LogP contribution in [0.3, 0.4) is 0 Å². The number of nitrogens with zero attached hydrogens (tertiary/aromatic N) is 1. The van der Waals surface area contributed by atoms with Gasteiger partial charge in [0.1, 0.15) is 0 Å². The molecule has 0 aromatic carbocycles. The molecule has 0 spiro atoms. The monoisotopic (exact) mass is 305 g/mol. The lowest BCUT2D eigenvalue weighted by atomic mass is 9.73. The quantitative estimate of drug-likeness (QED) is 0.807. The van der Waals surface area contributed by atoms with Crippen molar-refractivity contribution in [1.29, 1.82) is 0 Å². The summed E-state index contributed by atoms with van der Waals surface area (Å²) in [4.78, 5) is 15.4. The van der Waals surface area contributed by atoms with Crippen LogP contribution in [0.2, 0.25) is 0 Å². The molecule has 0 aromatic heterocycles. The molecule has 122 valence electrons. The van der Waals surface area contributed by atoms with Crippen molar-refractivity contribution in [2.24, 2.45) is 29.6 Å². The molecule has 5 rings (SSSR count). The number of amides is 1. The van der Waals surface area contributed by atoms with Crippen LogP contribution in [0.1, 0.15) is 52.9 Å². The van der Waals surface area contributed by atoms with Gasteiger partial charge < -0.3 is 14.7 Å². The Hall–Kier alpha value is -0.610. The average molecular weight is 305 g/mol. The minimum atomic E-state index is -0.419. The molecule has 5 aliphatic rings. The fourth-order valence-electron chi connectivity index (χ4n) is 6.95. The Morgan fingerprint density at radius 2 is 1.91 bits per heavy atom. The van der Waals surface area contributed by atoms with E-state index in [-0.39, 0.29) is 29.4 Å². The van der Waals surface area contributed by atoms with E-state index in [0.717, 1.165) is 6.42 Å².